The second-order valence-electron chi connectivity index (χ2n) is 6.96. The molecule has 2 rings (SSSR count). The van der Waals surface area contributed by atoms with Crippen molar-refractivity contribution in [3.8, 4) is 11.8 Å². The number of aromatic nitrogens is 2. The van der Waals surface area contributed by atoms with Crippen molar-refractivity contribution in [2.45, 2.75) is 65.0 Å². The van der Waals surface area contributed by atoms with Gasteiger partial charge in [-0.15, -0.1) is 10.2 Å². The fourth-order valence-electron chi connectivity index (χ4n) is 2.69. The summed E-state index contributed by atoms with van der Waals surface area (Å²) in [6.45, 7) is 9.45. The smallest absolute Gasteiger partial charge is 0.233 e. The highest BCUT2D eigenvalue weighted by Gasteiger charge is 2.29. The van der Waals surface area contributed by atoms with Gasteiger partial charge < -0.3 is 20.3 Å². The predicted octanol–water partition coefficient (Wildman–Crippen LogP) is 1.41. The highest BCUT2D eigenvalue weighted by atomic mass is 16.5. The zero-order valence-electron chi connectivity index (χ0n) is 15.1. The number of rotatable bonds is 7. The number of aliphatic hydroxyl groups is 1. The molecule has 1 aliphatic heterocycles. The van der Waals surface area contributed by atoms with Crippen molar-refractivity contribution in [3.05, 3.63) is 12.1 Å². The summed E-state index contributed by atoms with van der Waals surface area (Å²) >= 11 is 0. The Morgan fingerprint density at radius 3 is 2.21 bits per heavy atom. The number of hydrogen-bond donors (Lipinski definition) is 2. The van der Waals surface area contributed by atoms with E-state index in [-0.39, 0.29) is 24.2 Å². The standard InChI is InChI=1S/C17H30N4O3/c1-11(2)16(18)17(22)21-9-7-13(8-10-21)24-15-6-5-14(19-20-15)23-12(3)4/h5-6,11-13,16-17,22H,7-10,18H2,1-4H3/t16?,17-/m0/s1. The third-order valence-electron chi connectivity index (χ3n) is 4.22. The van der Waals surface area contributed by atoms with Crippen molar-refractivity contribution in [2.24, 2.45) is 11.7 Å². The van der Waals surface area contributed by atoms with Crippen LogP contribution in [0.4, 0.5) is 0 Å². The van der Waals surface area contributed by atoms with Crippen molar-refractivity contribution in [1.82, 2.24) is 15.1 Å². The van der Waals surface area contributed by atoms with Gasteiger partial charge in [-0.3, -0.25) is 4.90 Å². The SMILES string of the molecule is CC(C)Oc1ccc(OC2CCN([C@@H](O)C(N)C(C)C)CC2)nn1. The van der Waals surface area contributed by atoms with Crippen LogP contribution in [0.15, 0.2) is 12.1 Å². The van der Waals surface area contributed by atoms with Gasteiger partial charge in [0, 0.05) is 31.3 Å². The fourth-order valence-corrected chi connectivity index (χ4v) is 2.69. The summed E-state index contributed by atoms with van der Waals surface area (Å²) in [6, 6.07) is 3.31. The van der Waals surface area contributed by atoms with E-state index in [0.29, 0.717) is 11.8 Å². The largest absolute Gasteiger partial charge is 0.474 e. The predicted molar refractivity (Wildman–Crippen MR) is 91.8 cm³/mol. The quantitative estimate of drug-likeness (QED) is 0.776. The molecule has 24 heavy (non-hydrogen) atoms. The van der Waals surface area contributed by atoms with Crippen molar-refractivity contribution in [3.63, 3.8) is 0 Å². The van der Waals surface area contributed by atoms with E-state index in [1.165, 1.54) is 0 Å². The van der Waals surface area contributed by atoms with Gasteiger partial charge in [0.25, 0.3) is 0 Å². The molecule has 0 saturated carbocycles. The van der Waals surface area contributed by atoms with E-state index in [1.807, 2.05) is 32.6 Å². The van der Waals surface area contributed by atoms with E-state index in [0.717, 1.165) is 25.9 Å². The van der Waals surface area contributed by atoms with Crippen LogP contribution in [0.3, 0.4) is 0 Å². The summed E-state index contributed by atoms with van der Waals surface area (Å²) in [5, 5.41) is 18.4. The van der Waals surface area contributed by atoms with Crippen LogP contribution in [0, 0.1) is 5.92 Å². The molecule has 2 heterocycles. The molecule has 136 valence electrons. The zero-order chi connectivity index (χ0) is 17.7. The Kier molecular flexibility index (Phi) is 6.77. The van der Waals surface area contributed by atoms with Crippen LogP contribution in [-0.4, -0.2) is 57.8 Å². The maximum absolute atomic E-state index is 10.3. The minimum atomic E-state index is -0.599. The van der Waals surface area contributed by atoms with E-state index < -0.39 is 6.23 Å². The summed E-state index contributed by atoms with van der Waals surface area (Å²) in [6.07, 6.45) is 1.20. The van der Waals surface area contributed by atoms with E-state index >= 15 is 0 Å². The molecule has 2 atom stereocenters. The van der Waals surface area contributed by atoms with Gasteiger partial charge in [0.2, 0.25) is 11.8 Å². The average molecular weight is 338 g/mol. The number of ether oxygens (including phenoxy) is 2. The van der Waals surface area contributed by atoms with Crippen LogP contribution in [0.2, 0.25) is 0 Å². The Morgan fingerprint density at radius 1 is 1.12 bits per heavy atom. The van der Waals surface area contributed by atoms with E-state index in [4.69, 9.17) is 15.2 Å². The lowest BCUT2D eigenvalue weighted by Gasteiger charge is -2.38. The number of hydrogen-bond acceptors (Lipinski definition) is 7. The van der Waals surface area contributed by atoms with Gasteiger partial charge in [-0.1, -0.05) is 13.8 Å². The van der Waals surface area contributed by atoms with Crippen molar-refractivity contribution >= 4 is 0 Å². The summed E-state index contributed by atoms with van der Waals surface area (Å²) in [5.74, 6) is 1.25. The molecule has 0 amide bonds. The van der Waals surface area contributed by atoms with E-state index in [2.05, 4.69) is 10.2 Å². The third kappa shape index (κ3) is 5.29. The van der Waals surface area contributed by atoms with Crippen LogP contribution in [0.5, 0.6) is 11.8 Å². The number of nitrogens with two attached hydrogens (primary N) is 1. The Labute approximate surface area is 144 Å². The summed E-state index contributed by atoms with van der Waals surface area (Å²) in [5.41, 5.74) is 6.04. The first kappa shape index (κ1) is 18.9. The molecule has 3 N–H and O–H groups in total. The summed E-state index contributed by atoms with van der Waals surface area (Å²) in [4.78, 5) is 2.02. The number of aliphatic hydroxyl groups excluding tert-OH is 1. The Hall–Kier alpha value is -1.44. The van der Waals surface area contributed by atoms with Gasteiger partial charge >= 0.3 is 0 Å². The molecule has 1 saturated heterocycles. The van der Waals surface area contributed by atoms with Crippen molar-refractivity contribution in [1.29, 1.82) is 0 Å². The normalized spacial score (nSPS) is 19.5. The topological polar surface area (TPSA) is 93.7 Å². The molecule has 0 aromatic carbocycles. The Balaban J connectivity index is 1.80. The lowest BCUT2D eigenvalue weighted by Crippen LogP contribution is -2.53. The molecule has 1 fully saturated rings. The molecule has 0 bridgehead atoms. The van der Waals surface area contributed by atoms with E-state index in [1.54, 1.807) is 12.1 Å². The molecule has 7 heteroatoms. The minimum absolute atomic E-state index is 0.0685. The molecule has 1 unspecified atom stereocenters. The molecule has 1 aromatic rings. The monoisotopic (exact) mass is 338 g/mol. The van der Waals surface area contributed by atoms with Crippen LogP contribution in [0.25, 0.3) is 0 Å². The number of likely N-dealkylation sites (tertiary alicyclic amines) is 1. The summed E-state index contributed by atoms with van der Waals surface area (Å²) in [7, 11) is 0. The van der Waals surface area contributed by atoms with E-state index in [9.17, 15) is 5.11 Å². The molecule has 7 nitrogen and oxygen atoms in total. The van der Waals surface area contributed by atoms with Gasteiger partial charge in [0.15, 0.2) is 0 Å². The maximum Gasteiger partial charge on any atom is 0.233 e. The molecular formula is C17H30N4O3. The molecular weight excluding hydrogens is 308 g/mol. The second-order valence-corrected chi connectivity index (χ2v) is 6.96. The Morgan fingerprint density at radius 2 is 1.71 bits per heavy atom. The lowest BCUT2D eigenvalue weighted by molar-refractivity contribution is -0.0506. The highest BCUT2D eigenvalue weighted by molar-refractivity contribution is 5.15. The maximum atomic E-state index is 10.3. The lowest BCUT2D eigenvalue weighted by atomic mass is 10.0. The molecule has 0 spiro atoms. The van der Waals surface area contributed by atoms with Gasteiger partial charge in [-0.05, 0) is 32.6 Å². The first-order valence-electron chi connectivity index (χ1n) is 8.71. The Bertz CT molecular complexity index is 487. The highest BCUT2D eigenvalue weighted by Crippen LogP contribution is 2.20. The third-order valence-corrected chi connectivity index (χ3v) is 4.22. The number of nitrogens with zero attached hydrogens (tertiary/aromatic N) is 3. The minimum Gasteiger partial charge on any atom is -0.474 e. The molecule has 0 aliphatic carbocycles. The van der Waals surface area contributed by atoms with Gasteiger partial charge in [-0.2, -0.15) is 0 Å². The van der Waals surface area contributed by atoms with Gasteiger partial charge in [0.1, 0.15) is 12.3 Å². The second kappa shape index (κ2) is 8.60. The molecule has 1 aliphatic rings. The molecule has 0 radical (unpaired) electrons. The van der Waals surface area contributed by atoms with Crippen LogP contribution in [-0.2, 0) is 0 Å². The van der Waals surface area contributed by atoms with Crippen LogP contribution in [0.1, 0.15) is 40.5 Å². The van der Waals surface area contributed by atoms with Gasteiger partial charge in [-0.25, -0.2) is 0 Å². The first-order valence-corrected chi connectivity index (χ1v) is 8.71. The zero-order valence-corrected chi connectivity index (χ0v) is 15.1. The van der Waals surface area contributed by atoms with Crippen LogP contribution >= 0.6 is 0 Å². The first-order chi connectivity index (χ1) is 11.4. The van der Waals surface area contributed by atoms with Gasteiger partial charge in [0.05, 0.1) is 6.10 Å². The van der Waals surface area contributed by atoms with Crippen molar-refractivity contribution in [2.75, 3.05) is 13.1 Å². The van der Waals surface area contributed by atoms with Crippen molar-refractivity contribution < 1.29 is 14.6 Å². The summed E-state index contributed by atoms with van der Waals surface area (Å²) < 4.78 is 11.3. The average Bonchev–Trinajstić information content (AvgIpc) is 2.55. The number of piperidine rings is 1. The van der Waals surface area contributed by atoms with Crippen LogP contribution < -0.4 is 15.2 Å². The fraction of sp³-hybridized carbons (Fsp3) is 0.765. The molecule has 1 aromatic heterocycles.